The summed E-state index contributed by atoms with van der Waals surface area (Å²) in [6.45, 7) is 4.36. The van der Waals surface area contributed by atoms with Gasteiger partial charge in [-0.25, -0.2) is 0 Å². The summed E-state index contributed by atoms with van der Waals surface area (Å²) >= 11 is 0. The first kappa shape index (κ1) is 66.4. The second kappa shape index (κ2) is 50.3. The summed E-state index contributed by atoms with van der Waals surface area (Å²) in [5, 5.41) is 13.6. The Morgan fingerprint density at radius 3 is 1.31 bits per heavy atom. The van der Waals surface area contributed by atoms with Gasteiger partial charge in [0.05, 0.1) is 39.9 Å². The van der Waals surface area contributed by atoms with Gasteiger partial charge in [-0.2, -0.15) is 0 Å². The van der Waals surface area contributed by atoms with E-state index >= 15 is 0 Å². The van der Waals surface area contributed by atoms with Crippen LogP contribution in [-0.4, -0.2) is 68.5 Å². The minimum absolute atomic E-state index is 0.0148. The smallest absolute Gasteiger partial charge is 0.268 e. The molecule has 3 atom stereocenters. The Morgan fingerprint density at radius 2 is 0.886 bits per heavy atom. The first-order chi connectivity index (χ1) is 34.0. The van der Waals surface area contributed by atoms with Crippen LogP contribution in [0.4, 0.5) is 0 Å². The average Bonchev–Trinajstić information content (AvgIpc) is 3.32. The molecule has 2 N–H and O–H groups in total. The maximum Gasteiger partial charge on any atom is 0.268 e. The molecular weight excluding hydrogens is 888 g/mol. The standard InChI is InChI=1S/C61H101N2O6P/c1-6-8-10-12-14-15-16-17-18-19-20-21-22-23-24-25-26-27-28-29-30-31-32-33-34-35-36-37-38-39-40-41-42-43-44-45-46-47-49-51-53-55-61(65)62-59(60(64)54-52-50-48-13-11-9-7-2)58-69-70(66,67)68-57-56-63(3,4)5/h8,10-11,13-15,17-18,20-21,23-24,26-27,29-30,32-33,35-36,38-39,52,54,59-60,64H,6-7,9,12,16,19,22,25,28,31,34,37,40-51,53,55-58H2,1-5H3,(H-,62,65,66,67)/b10-8-,13-11+,15-14-,18-17-,21-20-,24-23-,27-26-,30-29-,33-32-,36-35-,39-38-,54-52+. The molecule has 0 fully saturated rings. The Balaban J connectivity index is 3.98. The van der Waals surface area contributed by atoms with Crippen molar-refractivity contribution in [3.05, 3.63) is 146 Å². The SMILES string of the molecule is CC/C=C\C/C=C\C/C=C\C/C=C\C/C=C\C/C=C\C/C=C\C/C=C\C/C=C\C/C=C\CCCCCCCCCCCCC(=O)NC(COP(=O)([O-])OCC[N+](C)(C)C)C(O)/C=C/CC/C=C/CCC. The van der Waals surface area contributed by atoms with E-state index in [0.717, 1.165) is 122 Å². The van der Waals surface area contributed by atoms with Gasteiger partial charge in [-0.05, 0) is 103 Å². The van der Waals surface area contributed by atoms with Crippen LogP contribution in [0.3, 0.4) is 0 Å². The van der Waals surface area contributed by atoms with Crippen LogP contribution < -0.4 is 10.2 Å². The lowest BCUT2D eigenvalue weighted by Gasteiger charge is -2.29. The Hall–Kier alpha value is -3.62. The van der Waals surface area contributed by atoms with Crippen LogP contribution in [0.5, 0.6) is 0 Å². The number of likely N-dealkylation sites (N-methyl/N-ethyl adjacent to an activating group) is 1. The molecule has 396 valence electrons. The molecule has 0 aromatic rings. The quantitative estimate of drug-likeness (QED) is 0.0272. The molecule has 0 aliphatic rings. The van der Waals surface area contributed by atoms with Crippen LogP contribution in [0.2, 0.25) is 0 Å². The monoisotopic (exact) mass is 989 g/mol. The Morgan fingerprint density at radius 1 is 0.514 bits per heavy atom. The van der Waals surface area contributed by atoms with E-state index in [1.807, 2.05) is 27.2 Å². The summed E-state index contributed by atoms with van der Waals surface area (Å²) in [5.41, 5.74) is 0. The number of amides is 1. The molecule has 8 nitrogen and oxygen atoms in total. The van der Waals surface area contributed by atoms with Crippen molar-refractivity contribution < 1.29 is 32.9 Å². The van der Waals surface area contributed by atoms with Gasteiger partial charge in [-0.15, -0.1) is 0 Å². The topological polar surface area (TPSA) is 108 Å². The van der Waals surface area contributed by atoms with Crippen molar-refractivity contribution in [2.24, 2.45) is 0 Å². The van der Waals surface area contributed by atoms with Crippen molar-refractivity contribution in [2.45, 2.75) is 193 Å². The fourth-order valence-corrected chi connectivity index (χ4v) is 7.51. The number of allylic oxidation sites excluding steroid dienone is 23. The number of rotatable bonds is 47. The van der Waals surface area contributed by atoms with E-state index in [9.17, 15) is 19.4 Å². The zero-order chi connectivity index (χ0) is 51.3. The van der Waals surface area contributed by atoms with Crippen molar-refractivity contribution >= 4 is 13.7 Å². The molecule has 3 unspecified atom stereocenters. The number of aliphatic hydroxyl groups excluding tert-OH is 1. The van der Waals surface area contributed by atoms with Crippen LogP contribution >= 0.6 is 7.82 Å². The maximum absolute atomic E-state index is 12.8. The lowest BCUT2D eigenvalue weighted by Crippen LogP contribution is -2.45. The molecule has 0 aromatic carbocycles. The average molecular weight is 989 g/mol. The largest absolute Gasteiger partial charge is 0.756 e. The minimum atomic E-state index is -4.60. The Labute approximate surface area is 429 Å². The highest BCUT2D eigenvalue weighted by molar-refractivity contribution is 7.45. The first-order valence-electron chi connectivity index (χ1n) is 27.2. The highest BCUT2D eigenvalue weighted by atomic mass is 31.2. The molecule has 0 aliphatic heterocycles. The number of aliphatic hydroxyl groups is 1. The molecule has 0 saturated heterocycles. The lowest BCUT2D eigenvalue weighted by atomic mass is 10.0. The maximum atomic E-state index is 12.8. The van der Waals surface area contributed by atoms with Gasteiger partial charge >= 0.3 is 0 Å². The zero-order valence-corrected chi connectivity index (χ0v) is 45.8. The highest BCUT2D eigenvalue weighted by Crippen LogP contribution is 2.38. The van der Waals surface area contributed by atoms with Crippen molar-refractivity contribution in [3.63, 3.8) is 0 Å². The van der Waals surface area contributed by atoms with Crippen molar-refractivity contribution in [1.29, 1.82) is 0 Å². The second-order valence-corrected chi connectivity index (χ2v) is 20.2. The van der Waals surface area contributed by atoms with Crippen molar-refractivity contribution in [1.82, 2.24) is 5.32 Å². The molecule has 0 radical (unpaired) electrons. The summed E-state index contributed by atoms with van der Waals surface area (Å²) in [6.07, 6.45) is 78.2. The van der Waals surface area contributed by atoms with Crippen LogP contribution in [-0.2, 0) is 18.4 Å². The molecule has 9 heteroatoms. The number of nitrogens with zero attached hydrogens (tertiary/aromatic N) is 1. The number of unbranched alkanes of at least 4 members (excludes halogenated alkanes) is 12. The second-order valence-electron chi connectivity index (χ2n) is 18.8. The minimum Gasteiger partial charge on any atom is -0.756 e. The zero-order valence-electron chi connectivity index (χ0n) is 44.9. The van der Waals surface area contributed by atoms with Crippen LogP contribution in [0, 0.1) is 0 Å². The Kier molecular flexibility index (Phi) is 47.7. The molecule has 0 aliphatic carbocycles. The number of hydrogen-bond donors (Lipinski definition) is 2. The third-order valence-corrected chi connectivity index (χ3v) is 12.0. The fraction of sp³-hybridized carbons (Fsp3) is 0.590. The van der Waals surface area contributed by atoms with E-state index in [0.29, 0.717) is 17.4 Å². The van der Waals surface area contributed by atoms with Gasteiger partial charge in [0.1, 0.15) is 13.2 Å². The summed E-state index contributed by atoms with van der Waals surface area (Å²) in [5.74, 6) is -0.224. The van der Waals surface area contributed by atoms with Crippen LogP contribution in [0.1, 0.15) is 181 Å². The number of hydrogen-bond acceptors (Lipinski definition) is 6. The van der Waals surface area contributed by atoms with E-state index in [1.165, 1.54) is 38.5 Å². The van der Waals surface area contributed by atoms with E-state index in [2.05, 4.69) is 153 Å². The molecule has 0 rings (SSSR count). The summed E-state index contributed by atoms with van der Waals surface area (Å²) in [6, 6.07) is -0.912. The normalized spacial score (nSPS) is 15.1. The van der Waals surface area contributed by atoms with Crippen LogP contribution in [0.25, 0.3) is 0 Å². The van der Waals surface area contributed by atoms with Crippen molar-refractivity contribution in [3.8, 4) is 0 Å². The van der Waals surface area contributed by atoms with Gasteiger partial charge in [0.15, 0.2) is 0 Å². The predicted molar refractivity (Wildman–Crippen MR) is 301 cm³/mol. The van der Waals surface area contributed by atoms with Gasteiger partial charge < -0.3 is 28.8 Å². The predicted octanol–water partition coefficient (Wildman–Crippen LogP) is 15.9. The van der Waals surface area contributed by atoms with Gasteiger partial charge in [-0.1, -0.05) is 217 Å². The van der Waals surface area contributed by atoms with Crippen molar-refractivity contribution in [2.75, 3.05) is 40.9 Å². The molecular formula is C61H101N2O6P. The molecule has 0 bridgehead atoms. The number of carbonyl (C=O) groups is 1. The number of phosphoric ester groups is 1. The number of carbonyl (C=O) groups excluding carboxylic acids is 1. The number of phosphoric acid groups is 1. The molecule has 0 saturated carbocycles. The Bertz CT molecular complexity index is 1640. The third-order valence-electron chi connectivity index (χ3n) is 11.0. The highest BCUT2D eigenvalue weighted by Gasteiger charge is 2.23. The van der Waals surface area contributed by atoms with Crippen LogP contribution in [0.15, 0.2) is 146 Å². The summed E-state index contributed by atoms with van der Waals surface area (Å²) in [7, 11) is 1.21. The number of nitrogens with one attached hydrogen (secondary N) is 1. The number of quaternary nitrogens is 1. The van der Waals surface area contributed by atoms with E-state index in [1.54, 1.807) is 6.08 Å². The summed E-state index contributed by atoms with van der Waals surface area (Å²) in [4.78, 5) is 25.2. The van der Waals surface area contributed by atoms with Gasteiger partial charge in [0, 0.05) is 6.42 Å². The molecule has 70 heavy (non-hydrogen) atoms. The molecule has 1 amide bonds. The first-order valence-corrected chi connectivity index (χ1v) is 28.7. The van der Waals surface area contributed by atoms with Gasteiger partial charge in [0.25, 0.3) is 7.82 Å². The van der Waals surface area contributed by atoms with Gasteiger partial charge in [-0.3, -0.25) is 9.36 Å². The summed E-state index contributed by atoms with van der Waals surface area (Å²) < 4.78 is 23.1. The molecule has 0 aromatic heterocycles. The fourth-order valence-electron chi connectivity index (χ4n) is 6.79. The van der Waals surface area contributed by atoms with E-state index in [4.69, 9.17) is 9.05 Å². The van der Waals surface area contributed by atoms with Gasteiger partial charge in [0.2, 0.25) is 5.91 Å². The van der Waals surface area contributed by atoms with E-state index in [-0.39, 0.29) is 12.5 Å². The lowest BCUT2D eigenvalue weighted by molar-refractivity contribution is -0.870. The molecule has 0 heterocycles. The third kappa shape index (κ3) is 52.2. The molecule has 0 spiro atoms. The van der Waals surface area contributed by atoms with E-state index < -0.39 is 26.6 Å².